The summed E-state index contributed by atoms with van der Waals surface area (Å²) in [6, 6.07) is 6.92. The number of nitrogens with zero attached hydrogens (tertiary/aromatic N) is 3. The van der Waals surface area contributed by atoms with Crippen LogP contribution in [0.1, 0.15) is 18.5 Å². The molecular formula is C14H12BrFN4. The highest BCUT2D eigenvalue weighted by Gasteiger charge is 2.17. The predicted molar refractivity (Wildman–Crippen MR) is 79.9 cm³/mol. The van der Waals surface area contributed by atoms with Crippen molar-refractivity contribution in [3.05, 3.63) is 52.5 Å². The smallest absolute Gasteiger partial charge is 0.201 e. The first-order valence-corrected chi connectivity index (χ1v) is 6.89. The topological polar surface area (TPSA) is 56.7 Å². The number of hydrogen-bond acceptors (Lipinski definition) is 3. The lowest BCUT2D eigenvalue weighted by Crippen LogP contribution is -2.10. The Morgan fingerprint density at radius 3 is 2.70 bits per heavy atom. The van der Waals surface area contributed by atoms with Crippen molar-refractivity contribution in [3.8, 4) is 0 Å². The number of aromatic nitrogens is 3. The Labute approximate surface area is 123 Å². The molecule has 0 spiro atoms. The summed E-state index contributed by atoms with van der Waals surface area (Å²) in [4.78, 5) is 8.23. The van der Waals surface area contributed by atoms with Gasteiger partial charge in [0.05, 0.1) is 21.5 Å². The molecule has 6 heteroatoms. The predicted octanol–water partition coefficient (Wildman–Crippen LogP) is 3.52. The summed E-state index contributed by atoms with van der Waals surface area (Å²) in [6.07, 6.45) is 3.47. The lowest BCUT2D eigenvalue weighted by atomic mass is 10.1. The lowest BCUT2D eigenvalue weighted by Gasteiger charge is -2.16. The number of hydrogen-bond donors (Lipinski definition) is 1. The third kappa shape index (κ3) is 2.06. The van der Waals surface area contributed by atoms with Crippen LogP contribution in [-0.2, 0) is 0 Å². The number of halogens is 2. The normalized spacial score (nSPS) is 12.8. The molecule has 102 valence electrons. The molecule has 0 fully saturated rings. The molecule has 0 radical (unpaired) electrons. The monoisotopic (exact) mass is 334 g/mol. The number of pyridine rings is 1. The lowest BCUT2D eigenvalue weighted by molar-refractivity contribution is 0.622. The highest BCUT2D eigenvalue weighted by atomic mass is 79.9. The standard InChI is InChI=1S/C14H12BrFN4/c1-8(9-2-4-18-5-3-9)20-13-6-10(15)11(16)7-12(13)19-14(20)17/h2-8H,1H3,(H2,17,19). The number of imidazole rings is 1. The highest BCUT2D eigenvalue weighted by molar-refractivity contribution is 9.10. The van der Waals surface area contributed by atoms with E-state index in [0.29, 0.717) is 15.9 Å². The molecule has 2 aromatic heterocycles. The molecule has 2 heterocycles. The van der Waals surface area contributed by atoms with Crippen LogP contribution in [0.5, 0.6) is 0 Å². The Morgan fingerprint density at radius 2 is 2.00 bits per heavy atom. The van der Waals surface area contributed by atoms with Crippen molar-refractivity contribution in [2.45, 2.75) is 13.0 Å². The van der Waals surface area contributed by atoms with Crippen molar-refractivity contribution >= 4 is 32.9 Å². The number of nitrogens with two attached hydrogens (primary N) is 1. The number of fused-ring (bicyclic) bond motifs is 1. The Kier molecular flexibility index (Phi) is 3.17. The second-order valence-corrected chi connectivity index (χ2v) is 5.41. The van der Waals surface area contributed by atoms with Crippen LogP contribution in [-0.4, -0.2) is 14.5 Å². The van der Waals surface area contributed by atoms with Gasteiger partial charge in [-0.1, -0.05) is 0 Å². The van der Waals surface area contributed by atoms with Gasteiger partial charge >= 0.3 is 0 Å². The van der Waals surface area contributed by atoms with Crippen molar-refractivity contribution in [1.82, 2.24) is 14.5 Å². The van der Waals surface area contributed by atoms with E-state index in [1.165, 1.54) is 6.07 Å². The van der Waals surface area contributed by atoms with Gasteiger partial charge in [0, 0.05) is 18.5 Å². The molecule has 0 saturated heterocycles. The van der Waals surface area contributed by atoms with Crippen LogP contribution in [0.25, 0.3) is 11.0 Å². The summed E-state index contributed by atoms with van der Waals surface area (Å²) in [5, 5.41) is 0. The molecule has 0 saturated carbocycles. The van der Waals surface area contributed by atoms with E-state index in [4.69, 9.17) is 5.73 Å². The fraction of sp³-hybridized carbons (Fsp3) is 0.143. The van der Waals surface area contributed by atoms with E-state index in [1.54, 1.807) is 18.5 Å². The fourth-order valence-electron chi connectivity index (χ4n) is 2.31. The van der Waals surface area contributed by atoms with Crippen molar-refractivity contribution in [2.24, 2.45) is 0 Å². The Bertz CT molecular complexity index is 770. The van der Waals surface area contributed by atoms with E-state index in [2.05, 4.69) is 25.9 Å². The van der Waals surface area contributed by atoms with Gasteiger partial charge in [-0.25, -0.2) is 9.37 Å². The maximum absolute atomic E-state index is 13.6. The molecule has 1 unspecified atom stereocenters. The largest absolute Gasteiger partial charge is 0.369 e. The van der Waals surface area contributed by atoms with E-state index < -0.39 is 0 Å². The minimum atomic E-state index is -0.348. The summed E-state index contributed by atoms with van der Waals surface area (Å²) in [5.74, 6) is 0.0144. The van der Waals surface area contributed by atoms with E-state index in [1.807, 2.05) is 23.6 Å². The zero-order chi connectivity index (χ0) is 14.3. The van der Waals surface area contributed by atoms with Gasteiger partial charge in [-0.2, -0.15) is 0 Å². The summed E-state index contributed by atoms with van der Waals surface area (Å²) in [5.41, 5.74) is 8.39. The summed E-state index contributed by atoms with van der Waals surface area (Å²) in [7, 11) is 0. The second kappa shape index (κ2) is 4.86. The van der Waals surface area contributed by atoms with Crippen LogP contribution in [0.2, 0.25) is 0 Å². The Balaban J connectivity index is 2.21. The minimum absolute atomic E-state index is 0.0136. The molecule has 1 aromatic carbocycles. The molecular weight excluding hydrogens is 323 g/mol. The maximum Gasteiger partial charge on any atom is 0.201 e. The summed E-state index contributed by atoms with van der Waals surface area (Å²) >= 11 is 3.20. The second-order valence-electron chi connectivity index (χ2n) is 4.55. The number of rotatable bonds is 2. The Morgan fingerprint density at radius 1 is 1.30 bits per heavy atom. The van der Waals surface area contributed by atoms with Gasteiger partial charge in [-0.15, -0.1) is 0 Å². The zero-order valence-electron chi connectivity index (χ0n) is 10.7. The summed E-state index contributed by atoms with van der Waals surface area (Å²) in [6.45, 7) is 2.02. The molecule has 0 amide bonds. The van der Waals surface area contributed by atoms with Crippen molar-refractivity contribution in [2.75, 3.05) is 5.73 Å². The van der Waals surface area contributed by atoms with Crippen LogP contribution in [0.4, 0.5) is 10.3 Å². The third-order valence-corrected chi connectivity index (χ3v) is 3.94. The third-order valence-electron chi connectivity index (χ3n) is 3.33. The maximum atomic E-state index is 13.6. The SMILES string of the molecule is CC(c1ccncc1)n1c(N)nc2cc(F)c(Br)cc21. The quantitative estimate of drug-likeness (QED) is 0.779. The van der Waals surface area contributed by atoms with Crippen LogP contribution in [0.15, 0.2) is 41.1 Å². The minimum Gasteiger partial charge on any atom is -0.369 e. The van der Waals surface area contributed by atoms with Gasteiger partial charge in [-0.05, 0) is 46.6 Å². The number of anilines is 1. The molecule has 20 heavy (non-hydrogen) atoms. The zero-order valence-corrected chi connectivity index (χ0v) is 12.3. The molecule has 0 bridgehead atoms. The molecule has 0 aliphatic heterocycles. The summed E-state index contributed by atoms with van der Waals surface area (Å²) < 4.78 is 15.8. The molecule has 2 N–H and O–H groups in total. The molecule has 0 aliphatic carbocycles. The average Bonchev–Trinajstić information content (AvgIpc) is 2.75. The van der Waals surface area contributed by atoms with E-state index in [0.717, 1.165) is 11.1 Å². The van der Waals surface area contributed by atoms with Gasteiger partial charge in [-0.3, -0.25) is 4.98 Å². The molecule has 0 aliphatic rings. The molecule has 3 rings (SSSR count). The first-order chi connectivity index (χ1) is 9.58. The van der Waals surface area contributed by atoms with Gasteiger partial charge in [0.2, 0.25) is 5.95 Å². The molecule has 3 aromatic rings. The van der Waals surface area contributed by atoms with Crippen molar-refractivity contribution < 1.29 is 4.39 Å². The van der Waals surface area contributed by atoms with Crippen molar-refractivity contribution in [1.29, 1.82) is 0 Å². The fourth-order valence-corrected chi connectivity index (χ4v) is 2.64. The van der Waals surface area contributed by atoms with Crippen molar-refractivity contribution in [3.63, 3.8) is 0 Å². The van der Waals surface area contributed by atoms with Crippen LogP contribution < -0.4 is 5.73 Å². The van der Waals surface area contributed by atoms with E-state index in [9.17, 15) is 4.39 Å². The first kappa shape index (κ1) is 13.1. The van der Waals surface area contributed by atoms with E-state index in [-0.39, 0.29) is 11.9 Å². The van der Waals surface area contributed by atoms with Gasteiger partial charge < -0.3 is 10.3 Å². The highest BCUT2D eigenvalue weighted by Crippen LogP contribution is 2.30. The van der Waals surface area contributed by atoms with E-state index >= 15 is 0 Å². The van der Waals surface area contributed by atoms with Crippen LogP contribution in [0, 0.1) is 5.82 Å². The Hall–Kier alpha value is -1.95. The van der Waals surface area contributed by atoms with Gasteiger partial charge in [0.1, 0.15) is 5.82 Å². The van der Waals surface area contributed by atoms with Crippen LogP contribution in [0.3, 0.4) is 0 Å². The first-order valence-electron chi connectivity index (χ1n) is 6.10. The van der Waals surface area contributed by atoms with Gasteiger partial charge in [0.15, 0.2) is 0 Å². The molecule has 1 atom stereocenters. The molecule has 4 nitrogen and oxygen atoms in total. The average molecular weight is 335 g/mol. The van der Waals surface area contributed by atoms with Gasteiger partial charge in [0.25, 0.3) is 0 Å². The number of benzene rings is 1. The van der Waals surface area contributed by atoms with Crippen LogP contribution >= 0.6 is 15.9 Å². The number of nitrogen functional groups attached to an aromatic ring is 1.